The van der Waals surface area contributed by atoms with Crippen LogP contribution in [-0.2, 0) is 29.9 Å². The van der Waals surface area contributed by atoms with Crippen molar-refractivity contribution in [3.63, 3.8) is 0 Å². The van der Waals surface area contributed by atoms with Gasteiger partial charge in [0, 0.05) is 19.0 Å². The summed E-state index contributed by atoms with van der Waals surface area (Å²) in [6, 6.07) is 0. The van der Waals surface area contributed by atoms with Gasteiger partial charge < -0.3 is 10.2 Å². The van der Waals surface area contributed by atoms with Crippen LogP contribution in [0, 0.1) is 5.92 Å². The van der Waals surface area contributed by atoms with Crippen LogP contribution in [0.4, 0.5) is 0 Å². The zero-order valence-electron chi connectivity index (χ0n) is 10.6. The Morgan fingerprint density at radius 3 is 2.24 bits per heavy atom. The highest BCUT2D eigenvalue weighted by atomic mass is 32.2. The minimum absolute atomic E-state index is 0.146. The summed E-state index contributed by atoms with van der Waals surface area (Å²) in [6.07, 6.45) is 0.911. The van der Waals surface area contributed by atoms with E-state index in [1.165, 1.54) is 0 Å². The molecule has 0 spiro atoms. The van der Waals surface area contributed by atoms with Gasteiger partial charge in [0.15, 0.2) is 0 Å². The van der Waals surface area contributed by atoms with Gasteiger partial charge in [-0.05, 0) is 25.6 Å². The number of nitrogens with zero attached hydrogens (tertiary/aromatic N) is 1. The van der Waals surface area contributed by atoms with E-state index in [-0.39, 0.29) is 11.8 Å². The molecular weight excluding hydrogens is 248 g/mol. The van der Waals surface area contributed by atoms with E-state index >= 15 is 0 Å². The Balaban J connectivity index is 0.000000419. The fourth-order valence-electron chi connectivity index (χ4n) is 0.813. The van der Waals surface area contributed by atoms with Crippen molar-refractivity contribution in [1.29, 1.82) is 0 Å². The predicted molar refractivity (Wildman–Crippen MR) is 62.4 cm³/mol. The Morgan fingerprint density at radius 2 is 1.94 bits per heavy atom. The monoisotopic (exact) mass is 268 g/mol. The van der Waals surface area contributed by atoms with Crippen LogP contribution < -0.4 is 5.32 Å². The van der Waals surface area contributed by atoms with Gasteiger partial charge >= 0.3 is 11.4 Å². The van der Waals surface area contributed by atoms with Crippen molar-refractivity contribution in [3.05, 3.63) is 0 Å². The maximum absolute atomic E-state index is 11.2. The molecule has 17 heavy (non-hydrogen) atoms. The molecule has 0 saturated carbocycles. The van der Waals surface area contributed by atoms with Crippen LogP contribution in [0.25, 0.3) is 0 Å². The Hall–Kier alpha value is -0.540. The highest BCUT2D eigenvalue weighted by Crippen LogP contribution is 2.01. The minimum atomic E-state index is -1.61. The Morgan fingerprint density at radius 1 is 1.41 bits per heavy atom. The lowest BCUT2D eigenvalue weighted by atomic mass is 10.1. The largest absolute Gasteiger partial charge is 0.367 e. The minimum Gasteiger partial charge on any atom is -0.355 e. The van der Waals surface area contributed by atoms with Gasteiger partial charge in [-0.1, -0.05) is 22.5 Å². The smallest absolute Gasteiger partial charge is 0.355 e. The summed E-state index contributed by atoms with van der Waals surface area (Å²) >= 11 is -1.61. The standard InChI is InChI=1S/C9H20N2O.O4S/c1-5-8(2)9(12)10-6-7-11(3)4;1-5-3-2-4-5/h8H,5-7H2,1-4H3,(H,10,12);. The molecule has 0 aromatic rings. The van der Waals surface area contributed by atoms with Gasteiger partial charge in [-0.2, -0.15) is 4.21 Å². The van der Waals surface area contributed by atoms with E-state index in [0.717, 1.165) is 19.5 Å². The van der Waals surface area contributed by atoms with E-state index in [4.69, 9.17) is 0 Å². The van der Waals surface area contributed by atoms with Gasteiger partial charge in [-0.3, -0.25) is 4.79 Å². The second-order valence-corrected chi connectivity index (χ2v) is 4.49. The van der Waals surface area contributed by atoms with E-state index < -0.39 is 11.4 Å². The maximum atomic E-state index is 11.2. The van der Waals surface area contributed by atoms with Crippen molar-refractivity contribution in [1.82, 2.24) is 10.2 Å². The van der Waals surface area contributed by atoms with Crippen LogP contribution in [0.15, 0.2) is 0 Å². The van der Waals surface area contributed by atoms with Crippen LogP contribution in [0.2, 0.25) is 0 Å². The van der Waals surface area contributed by atoms with Gasteiger partial charge in [0.25, 0.3) is 0 Å². The number of rotatable bonds is 5. The molecule has 1 unspecified atom stereocenters. The maximum Gasteiger partial charge on any atom is 0.367 e. The van der Waals surface area contributed by atoms with Crippen molar-refractivity contribution in [2.24, 2.45) is 5.92 Å². The molecule has 1 aliphatic rings. The molecule has 0 bridgehead atoms. The fraction of sp³-hybridized carbons (Fsp3) is 0.889. The number of hydrogen-bond acceptors (Lipinski definition) is 6. The third-order valence-electron chi connectivity index (χ3n) is 2.08. The lowest BCUT2D eigenvalue weighted by molar-refractivity contribution is -0.469. The van der Waals surface area contributed by atoms with Crippen LogP contribution in [0.3, 0.4) is 0 Å². The second-order valence-electron chi connectivity index (χ2n) is 3.81. The summed E-state index contributed by atoms with van der Waals surface area (Å²) in [5, 5.41) is 6.42. The van der Waals surface area contributed by atoms with Gasteiger partial charge in [-0.25, -0.2) is 0 Å². The molecular formula is C9H20N2O5S. The highest BCUT2D eigenvalue weighted by Gasteiger charge is 2.14. The molecule has 0 aromatic heterocycles. The molecule has 1 amide bonds. The number of amides is 1. The second kappa shape index (κ2) is 9.49. The van der Waals surface area contributed by atoms with Crippen LogP contribution in [0.1, 0.15) is 20.3 Å². The van der Waals surface area contributed by atoms with Crippen molar-refractivity contribution < 1.29 is 22.7 Å². The molecule has 0 aliphatic carbocycles. The number of carbonyl (C=O) groups is 1. The van der Waals surface area contributed by atoms with Crippen LogP contribution >= 0.6 is 0 Å². The summed E-state index contributed by atoms with van der Waals surface area (Å²) in [5.41, 5.74) is 0. The zero-order chi connectivity index (χ0) is 13.3. The molecule has 102 valence electrons. The molecule has 1 saturated heterocycles. The molecule has 1 N–H and O–H groups in total. The predicted octanol–water partition coefficient (Wildman–Crippen LogP) is 0.169. The quantitative estimate of drug-likeness (QED) is 0.716. The van der Waals surface area contributed by atoms with E-state index in [2.05, 4.69) is 23.9 Å². The van der Waals surface area contributed by atoms with E-state index in [0.29, 0.717) is 0 Å². The van der Waals surface area contributed by atoms with Crippen molar-refractivity contribution in [3.8, 4) is 0 Å². The highest BCUT2D eigenvalue weighted by molar-refractivity contribution is 7.75. The van der Waals surface area contributed by atoms with Crippen molar-refractivity contribution >= 4 is 17.3 Å². The lowest BCUT2D eigenvalue weighted by Gasteiger charge is -2.12. The van der Waals surface area contributed by atoms with Crippen molar-refractivity contribution in [2.45, 2.75) is 20.3 Å². The lowest BCUT2D eigenvalue weighted by Crippen LogP contribution is -2.34. The first kappa shape index (κ1) is 16.5. The van der Waals surface area contributed by atoms with Gasteiger partial charge in [0.05, 0.1) is 0 Å². The molecule has 1 aliphatic heterocycles. The fourth-order valence-corrected chi connectivity index (χ4v) is 0.914. The average molecular weight is 268 g/mol. The number of carbonyl (C=O) groups excluding carboxylic acids is 1. The Bertz CT molecular complexity index is 244. The van der Waals surface area contributed by atoms with E-state index in [1.54, 1.807) is 0 Å². The first-order valence-electron chi connectivity index (χ1n) is 5.33. The first-order valence-corrected chi connectivity index (χ1v) is 6.33. The third-order valence-corrected chi connectivity index (χ3v) is 2.42. The Kier molecular flexibility index (Phi) is 9.18. The summed E-state index contributed by atoms with van der Waals surface area (Å²) in [7, 11) is 3.99. The zero-order valence-corrected chi connectivity index (χ0v) is 11.4. The normalized spacial score (nSPS) is 16.8. The molecule has 1 atom stereocenters. The summed E-state index contributed by atoms with van der Waals surface area (Å²) in [4.78, 5) is 13.3. The Labute approximate surface area is 104 Å². The summed E-state index contributed by atoms with van der Waals surface area (Å²) in [6.45, 7) is 5.62. The van der Waals surface area contributed by atoms with E-state index in [9.17, 15) is 9.00 Å². The molecule has 0 aromatic carbocycles. The van der Waals surface area contributed by atoms with Crippen LogP contribution in [0.5, 0.6) is 0 Å². The third kappa shape index (κ3) is 9.19. The van der Waals surface area contributed by atoms with E-state index in [1.807, 2.05) is 27.9 Å². The first-order chi connectivity index (χ1) is 7.97. The number of hydrogen-bond donors (Lipinski definition) is 1. The number of likely N-dealkylation sites (N-methyl/N-ethyl adjacent to an activating group) is 1. The molecule has 1 rings (SSSR count). The SMILES string of the molecule is CCC(C)C(=O)NCCN(C)C.O=S1OOO1. The molecule has 1 heterocycles. The summed E-state index contributed by atoms with van der Waals surface area (Å²) < 4.78 is 16.8. The van der Waals surface area contributed by atoms with Gasteiger partial charge in [0.1, 0.15) is 0 Å². The molecule has 8 heteroatoms. The number of nitrogens with one attached hydrogen (secondary N) is 1. The van der Waals surface area contributed by atoms with Crippen molar-refractivity contribution in [2.75, 3.05) is 27.2 Å². The molecule has 7 nitrogen and oxygen atoms in total. The van der Waals surface area contributed by atoms with Gasteiger partial charge in [-0.15, -0.1) is 0 Å². The average Bonchev–Trinajstić information content (AvgIpc) is 2.25. The topological polar surface area (TPSA) is 77.1 Å². The van der Waals surface area contributed by atoms with Crippen LogP contribution in [-0.4, -0.2) is 42.2 Å². The molecule has 1 fully saturated rings. The summed E-state index contributed by atoms with van der Waals surface area (Å²) in [5.74, 6) is 0.312. The molecule has 0 radical (unpaired) electrons. The van der Waals surface area contributed by atoms with Gasteiger partial charge in [0.2, 0.25) is 5.91 Å².